The molecule has 0 radical (unpaired) electrons. The lowest BCUT2D eigenvalue weighted by Crippen LogP contribution is -2.38. The van der Waals surface area contributed by atoms with Crippen molar-refractivity contribution in [2.24, 2.45) is 0 Å². The summed E-state index contributed by atoms with van der Waals surface area (Å²) in [4.78, 5) is 25.8. The van der Waals surface area contributed by atoms with Gasteiger partial charge in [0.15, 0.2) is 0 Å². The monoisotopic (exact) mass is 280 g/mol. The summed E-state index contributed by atoms with van der Waals surface area (Å²) < 4.78 is 5.14. The van der Waals surface area contributed by atoms with Gasteiger partial charge in [-0.25, -0.2) is 4.79 Å². The molecule has 0 aromatic heterocycles. The molecule has 1 aromatic rings. The Morgan fingerprint density at radius 3 is 2.95 bits per heavy atom. The van der Waals surface area contributed by atoms with E-state index in [0.717, 1.165) is 10.6 Å². The van der Waals surface area contributed by atoms with Crippen LogP contribution in [0.15, 0.2) is 29.2 Å². The molecule has 0 saturated carbocycles. The van der Waals surface area contributed by atoms with Crippen LogP contribution in [0.2, 0.25) is 0 Å². The van der Waals surface area contributed by atoms with E-state index >= 15 is 0 Å². The molecule has 0 aliphatic carbocycles. The highest BCUT2D eigenvalue weighted by molar-refractivity contribution is 8.00. The summed E-state index contributed by atoms with van der Waals surface area (Å²) in [6.45, 7) is 2.78. The van der Waals surface area contributed by atoms with Crippen molar-refractivity contribution >= 4 is 23.7 Å². The van der Waals surface area contributed by atoms with Crippen LogP contribution in [-0.4, -0.2) is 42.3 Å². The van der Waals surface area contributed by atoms with E-state index in [1.807, 2.05) is 24.3 Å². The molecule has 0 spiro atoms. The lowest BCUT2D eigenvalue weighted by atomic mass is 10.3. The van der Waals surface area contributed by atoms with Gasteiger partial charge in [-0.15, -0.1) is 11.8 Å². The van der Waals surface area contributed by atoms with Crippen LogP contribution in [0.5, 0.6) is 5.75 Å². The van der Waals surface area contributed by atoms with Crippen molar-refractivity contribution in [2.75, 3.05) is 20.2 Å². The van der Waals surface area contributed by atoms with Crippen LogP contribution in [0, 0.1) is 0 Å². The quantitative estimate of drug-likeness (QED) is 0.853. The second kappa shape index (κ2) is 5.97. The molecule has 0 bridgehead atoms. The number of methoxy groups -OCH3 is 1. The van der Waals surface area contributed by atoms with Gasteiger partial charge >= 0.3 is 6.03 Å². The molecule has 2 rings (SSSR count). The molecule has 5 nitrogen and oxygen atoms in total. The Morgan fingerprint density at radius 1 is 1.53 bits per heavy atom. The number of nitrogens with zero attached hydrogens (tertiary/aromatic N) is 1. The van der Waals surface area contributed by atoms with Gasteiger partial charge in [-0.1, -0.05) is 6.07 Å². The van der Waals surface area contributed by atoms with Gasteiger partial charge in [0.05, 0.1) is 12.4 Å². The van der Waals surface area contributed by atoms with Gasteiger partial charge in [-0.2, -0.15) is 0 Å². The van der Waals surface area contributed by atoms with Gasteiger partial charge in [-0.05, 0) is 25.1 Å². The number of urea groups is 1. The minimum Gasteiger partial charge on any atom is -0.497 e. The lowest BCUT2D eigenvalue weighted by Gasteiger charge is -2.17. The Morgan fingerprint density at radius 2 is 2.32 bits per heavy atom. The summed E-state index contributed by atoms with van der Waals surface area (Å²) in [6.07, 6.45) is 0. The van der Waals surface area contributed by atoms with Crippen LogP contribution in [0.25, 0.3) is 0 Å². The second-order valence-corrected chi connectivity index (χ2v) is 5.58. The number of imide groups is 1. The van der Waals surface area contributed by atoms with Gasteiger partial charge in [0.25, 0.3) is 0 Å². The van der Waals surface area contributed by atoms with Crippen LogP contribution >= 0.6 is 11.8 Å². The van der Waals surface area contributed by atoms with Gasteiger partial charge in [0.1, 0.15) is 5.75 Å². The summed E-state index contributed by atoms with van der Waals surface area (Å²) in [5.41, 5.74) is 0. The molecule has 1 aliphatic rings. The first-order chi connectivity index (χ1) is 9.11. The third kappa shape index (κ3) is 3.20. The van der Waals surface area contributed by atoms with Crippen LogP contribution in [-0.2, 0) is 4.79 Å². The maximum absolute atomic E-state index is 12.1. The number of carbonyl (C=O) groups is 2. The molecular weight excluding hydrogens is 264 g/mol. The van der Waals surface area contributed by atoms with Crippen molar-refractivity contribution in [3.63, 3.8) is 0 Å². The Labute approximate surface area is 116 Å². The molecule has 1 aromatic carbocycles. The number of hydrogen-bond donors (Lipinski definition) is 1. The third-order valence-electron chi connectivity index (χ3n) is 2.82. The SMILES string of the molecule is COc1cccc(SC(C)C(=O)N2CCNC2=O)c1. The number of carbonyl (C=O) groups excluding carboxylic acids is 2. The highest BCUT2D eigenvalue weighted by Gasteiger charge is 2.30. The lowest BCUT2D eigenvalue weighted by molar-refractivity contribution is -0.126. The van der Waals surface area contributed by atoms with Crippen molar-refractivity contribution in [1.29, 1.82) is 0 Å². The average Bonchev–Trinajstić information content (AvgIpc) is 2.84. The topological polar surface area (TPSA) is 58.6 Å². The van der Waals surface area contributed by atoms with E-state index in [4.69, 9.17) is 4.74 Å². The summed E-state index contributed by atoms with van der Waals surface area (Å²) in [5, 5.41) is 2.32. The highest BCUT2D eigenvalue weighted by atomic mass is 32.2. The molecule has 6 heteroatoms. The van der Waals surface area contributed by atoms with Crippen molar-refractivity contribution in [1.82, 2.24) is 10.2 Å². The van der Waals surface area contributed by atoms with Crippen LogP contribution < -0.4 is 10.1 Å². The average molecular weight is 280 g/mol. The minimum atomic E-state index is -0.309. The predicted molar refractivity (Wildman–Crippen MR) is 73.4 cm³/mol. The van der Waals surface area contributed by atoms with E-state index in [9.17, 15) is 9.59 Å². The van der Waals surface area contributed by atoms with Crippen molar-refractivity contribution < 1.29 is 14.3 Å². The van der Waals surface area contributed by atoms with Crippen molar-refractivity contribution in [2.45, 2.75) is 17.1 Å². The zero-order valence-electron chi connectivity index (χ0n) is 10.9. The molecule has 1 heterocycles. The fourth-order valence-corrected chi connectivity index (χ4v) is 2.81. The van der Waals surface area contributed by atoms with Gasteiger partial charge in [0.2, 0.25) is 5.91 Å². The van der Waals surface area contributed by atoms with E-state index in [-0.39, 0.29) is 17.2 Å². The van der Waals surface area contributed by atoms with E-state index in [1.54, 1.807) is 14.0 Å². The van der Waals surface area contributed by atoms with Crippen molar-refractivity contribution in [3.05, 3.63) is 24.3 Å². The standard InChI is InChI=1S/C13H16N2O3S/c1-9(12(16)15-7-6-14-13(15)17)19-11-5-3-4-10(8-11)18-2/h3-5,8-9H,6-7H2,1-2H3,(H,14,17). The number of rotatable bonds is 4. The first kappa shape index (κ1) is 13.7. The zero-order valence-corrected chi connectivity index (χ0v) is 11.7. The Kier molecular flexibility index (Phi) is 4.31. The molecule has 1 fully saturated rings. The smallest absolute Gasteiger partial charge is 0.324 e. The molecule has 102 valence electrons. The van der Waals surface area contributed by atoms with Gasteiger partial charge < -0.3 is 10.1 Å². The van der Waals surface area contributed by atoms with E-state index in [2.05, 4.69) is 5.32 Å². The first-order valence-corrected chi connectivity index (χ1v) is 6.89. The normalized spacial score (nSPS) is 16.1. The predicted octanol–water partition coefficient (Wildman–Crippen LogP) is 1.73. The second-order valence-electron chi connectivity index (χ2n) is 4.16. The van der Waals surface area contributed by atoms with E-state index in [0.29, 0.717) is 13.1 Å². The summed E-state index contributed by atoms with van der Waals surface area (Å²) in [7, 11) is 1.60. The fourth-order valence-electron chi connectivity index (χ4n) is 1.83. The number of benzene rings is 1. The maximum atomic E-state index is 12.1. The molecule has 1 N–H and O–H groups in total. The number of nitrogens with one attached hydrogen (secondary N) is 1. The number of thioether (sulfide) groups is 1. The van der Waals surface area contributed by atoms with E-state index < -0.39 is 0 Å². The Hall–Kier alpha value is -1.69. The van der Waals surface area contributed by atoms with Crippen molar-refractivity contribution in [3.8, 4) is 5.75 Å². The molecule has 1 aliphatic heterocycles. The number of hydrogen-bond acceptors (Lipinski definition) is 4. The summed E-state index contributed by atoms with van der Waals surface area (Å²) >= 11 is 1.42. The molecule has 1 atom stereocenters. The molecule has 1 saturated heterocycles. The van der Waals surface area contributed by atoms with Gasteiger partial charge in [-0.3, -0.25) is 9.69 Å². The fraction of sp³-hybridized carbons (Fsp3) is 0.385. The largest absolute Gasteiger partial charge is 0.497 e. The van der Waals surface area contributed by atoms with Crippen LogP contribution in [0.4, 0.5) is 4.79 Å². The van der Waals surface area contributed by atoms with Crippen LogP contribution in [0.3, 0.4) is 0 Å². The molecule has 1 unspecified atom stereocenters. The molecule has 3 amide bonds. The third-order valence-corrected chi connectivity index (χ3v) is 3.91. The molecule has 19 heavy (non-hydrogen) atoms. The number of ether oxygens (including phenoxy) is 1. The summed E-state index contributed by atoms with van der Waals surface area (Å²) in [6, 6.07) is 7.22. The minimum absolute atomic E-state index is 0.164. The van der Waals surface area contributed by atoms with Gasteiger partial charge in [0, 0.05) is 18.0 Å². The molecular formula is C13H16N2O3S. The zero-order chi connectivity index (χ0) is 13.8. The number of amides is 3. The van der Waals surface area contributed by atoms with E-state index in [1.165, 1.54) is 16.7 Å². The highest BCUT2D eigenvalue weighted by Crippen LogP contribution is 2.27. The Balaban J connectivity index is 2.01. The summed E-state index contributed by atoms with van der Waals surface area (Å²) in [5.74, 6) is 0.589. The maximum Gasteiger partial charge on any atom is 0.324 e. The Bertz CT molecular complexity index is 493. The van der Waals surface area contributed by atoms with Crippen LogP contribution in [0.1, 0.15) is 6.92 Å². The first-order valence-electron chi connectivity index (χ1n) is 6.01.